The minimum atomic E-state index is 0. The fourth-order valence-corrected chi connectivity index (χ4v) is 4.99. The number of halogens is 1. The van der Waals surface area contributed by atoms with Crippen LogP contribution in [0.1, 0.15) is 37.5 Å². The molecule has 1 N–H and O–H groups in total. The number of rotatable bonds is 6. The predicted octanol–water partition coefficient (Wildman–Crippen LogP) is 3.93. The Hall–Kier alpha value is -0.340. The summed E-state index contributed by atoms with van der Waals surface area (Å²) in [4.78, 5) is 11.2. The van der Waals surface area contributed by atoms with E-state index in [9.17, 15) is 0 Å². The molecular weight excluding hydrogens is 455 g/mol. The fraction of sp³-hybridized carbons (Fsp3) is 0.750. The van der Waals surface area contributed by atoms with Gasteiger partial charge in [0.15, 0.2) is 5.96 Å². The standard InChI is InChI=1S/C20H34N4S.HI/c1-17(13-19-7-6-12-25-19)14-22-20(21-2)24-11-8-18(16-24)15-23-9-4-3-5-10-23;/h6-7,12,17-18H,3-5,8-11,13-16H2,1-2H3,(H,21,22);1H. The number of nitrogens with zero attached hydrogens (tertiary/aromatic N) is 3. The smallest absolute Gasteiger partial charge is 0.193 e. The van der Waals surface area contributed by atoms with Gasteiger partial charge in [0.2, 0.25) is 0 Å². The first-order valence-corrected chi connectivity index (χ1v) is 10.8. The molecule has 0 aliphatic carbocycles. The van der Waals surface area contributed by atoms with Gasteiger partial charge in [-0.3, -0.25) is 4.99 Å². The van der Waals surface area contributed by atoms with Crippen LogP contribution in [0.3, 0.4) is 0 Å². The van der Waals surface area contributed by atoms with Gasteiger partial charge in [0.1, 0.15) is 0 Å². The number of hydrogen-bond acceptors (Lipinski definition) is 3. The minimum absolute atomic E-state index is 0. The Bertz CT molecular complexity index is 528. The van der Waals surface area contributed by atoms with E-state index in [1.807, 2.05) is 18.4 Å². The molecule has 0 radical (unpaired) electrons. The monoisotopic (exact) mass is 490 g/mol. The lowest BCUT2D eigenvalue weighted by Gasteiger charge is -2.29. The van der Waals surface area contributed by atoms with Crippen LogP contribution >= 0.6 is 35.3 Å². The van der Waals surface area contributed by atoms with E-state index in [1.54, 1.807) is 0 Å². The van der Waals surface area contributed by atoms with Crippen molar-refractivity contribution in [3.63, 3.8) is 0 Å². The third kappa shape index (κ3) is 6.68. The Balaban J connectivity index is 0.00000243. The van der Waals surface area contributed by atoms with Crippen LogP contribution in [0, 0.1) is 11.8 Å². The molecule has 2 aliphatic rings. The fourth-order valence-electron chi connectivity index (χ4n) is 4.12. The number of likely N-dealkylation sites (tertiary alicyclic amines) is 2. The van der Waals surface area contributed by atoms with E-state index in [0.717, 1.165) is 37.9 Å². The van der Waals surface area contributed by atoms with E-state index in [-0.39, 0.29) is 24.0 Å². The molecule has 2 unspecified atom stereocenters. The average molecular weight is 490 g/mol. The van der Waals surface area contributed by atoms with Crippen molar-refractivity contribution in [1.82, 2.24) is 15.1 Å². The van der Waals surface area contributed by atoms with E-state index < -0.39 is 0 Å². The van der Waals surface area contributed by atoms with Gasteiger partial charge in [-0.15, -0.1) is 35.3 Å². The van der Waals surface area contributed by atoms with Crippen molar-refractivity contribution in [2.45, 2.75) is 39.0 Å². The molecule has 0 spiro atoms. The average Bonchev–Trinajstić information content (AvgIpc) is 3.29. The van der Waals surface area contributed by atoms with Crippen LogP contribution in [0.15, 0.2) is 22.5 Å². The lowest BCUT2D eigenvalue weighted by atomic mass is 10.1. The number of aliphatic imine (C=N–C) groups is 1. The lowest BCUT2D eigenvalue weighted by molar-refractivity contribution is 0.198. The Labute approximate surface area is 180 Å². The molecule has 1 aromatic rings. The summed E-state index contributed by atoms with van der Waals surface area (Å²) in [5, 5.41) is 5.78. The van der Waals surface area contributed by atoms with Crippen LogP contribution < -0.4 is 5.32 Å². The van der Waals surface area contributed by atoms with Gasteiger partial charge in [-0.2, -0.15) is 0 Å². The highest BCUT2D eigenvalue weighted by Crippen LogP contribution is 2.20. The molecule has 2 fully saturated rings. The van der Waals surface area contributed by atoms with Crippen molar-refractivity contribution in [2.75, 3.05) is 46.3 Å². The van der Waals surface area contributed by atoms with Crippen molar-refractivity contribution in [1.29, 1.82) is 0 Å². The lowest BCUT2D eigenvalue weighted by Crippen LogP contribution is -2.42. The Kier molecular flexibility index (Phi) is 9.70. The summed E-state index contributed by atoms with van der Waals surface area (Å²) in [5.74, 6) is 2.53. The molecule has 2 atom stereocenters. The highest BCUT2D eigenvalue weighted by Gasteiger charge is 2.27. The van der Waals surface area contributed by atoms with E-state index in [4.69, 9.17) is 0 Å². The van der Waals surface area contributed by atoms with E-state index in [2.05, 4.69) is 44.5 Å². The zero-order chi connectivity index (χ0) is 17.5. The summed E-state index contributed by atoms with van der Waals surface area (Å²) in [6.07, 6.45) is 6.66. The molecule has 3 heterocycles. The number of thiophene rings is 1. The normalized spacial score (nSPS) is 22.9. The summed E-state index contributed by atoms with van der Waals surface area (Å²) in [5.41, 5.74) is 0. The van der Waals surface area contributed by atoms with Gasteiger partial charge in [-0.05, 0) is 62.1 Å². The van der Waals surface area contributed by atoms with E-state index >= 15 is 0 Å². The zero-order valence-electron chi connectivity index (χ0n) is 16.3. The Morgan fingerprint density at radius 1 is 1.31 bits per heavy atom. The first kappa shape index (κ1) is 22.0. The van der Waals surface area contributed by atoms with Crippen molar-refractivity contribution < 1.29 is 0 Å². The van der Waals surface area contributed by atoms with E-state index in [1.165, 1.54) is 50.2 Å². The van der Waals surface area contributed by atoms with Crippen molar-refractivity contribution in [3.05, 3.63) is 22.4 Å². The summed E-state index contributed by atoms with van der Waals surface area (Å²) in [6, 6.07) is 4.38. The number of hydrogen-bond donors (Lipinski definition) is 1. The molecular formula is C20H35IN4S. The van der Waals surface area contributed by atoms with Crippen LogP contribution in [-0.4, -0.2) is 62.1 Å². The van der Waals surface area contributed by atoms with Crippen molar-refractivity contribution >= 4 is 41.3 Å². The molecule has 0 aromatic carbocycles. The molecule has 148 valence electrons. The molecule has 2 saturated heterocycles. The first-order valence-electron chi connectivity index (χ1n) is 9.95. The topological polar surface area (TPSA) is 30.9 Å². The minimum Gasteiger partial charge on any atom is -0.356 e. The van der Waals surface area contributed by atoms with Gasteiger partial charge >= 0.3 is 0 Å². The molecule has 0 bridgehead atoms. The molecule has 6 heteroatoms. The van der Waals surface area contributed by atoms with Gasteiger partial charge in [0.05, 0.1) is 0 Å². The van der Waals surface area contributed by atoms with Crippen LogP contribution in [0.2, 0.25) is 0 Å². The van der Waals surface area contributed by atoms with Gasteiger partial charge in [-0.25, -0.2) is 0 Å². The second kappa shape index (κ2) is 11.5. The van der Waals surface area contributed by atoms with Gasteiger partial charge in [0, 0.05) is 38.1 Å². The van der Waals surface area contributed by atoms with Gasteiger partial charge in [-0.1, -0.05) is 19.4 Å². The van der Waals surface area contributed by atoms with Gasteiger partial charge < -0.3 is 15.1 Å². The molecule has 3 rings (SSSR count). The molecule has 2 aliphatic heterocycles. The summed E-state index contributed by atoms with van der Waals surface area (Å²) < 4.78 is 0. The molecule has 0 saturated carbocycles. The number of piperidine rings is 1. The third-order valence-corrected chi connectivity index (χ3v) is 6.40. The maximum atomic E-state index is 4.54. The molecule has 0 amide bonds. The molecule has 4 nitrogen and oxygen atoms in total. The zero-order valence-corrected chi connectivity index (χ0v) is 19.5. The summed E-state index contributed by atoms with van der Waals surface area (Å²) >= 11 is 1.86. The first-order chi connectivity index (χ1) is 12.2. The highest BCUT2D eigenvalue weighted by atomic mass is 127. The summed E-state index contributed by atoms with van der Waals surface area (Å²) in [7, 11) is 1.92. The second-order valence-corrected chi connectivity index (χ2v) is 8.81. The maximum Gasteiger partial charge on any atom is 0.193 e. The Morgan fingerprint density at radius 3 is 2.81 bits per heavy atom. The second-order valence-electron chi connectivity index (χ2n) is 7.78. The van der Waals surface area contributed by atoms with Crippen LogP contribution in [-0.2, 0) is 6.42 Å². The van der Waals surface area contributed by atoms with Gasteiger partial charge in [0.25, 0.3) is 0 Å². The highest BCUT2D eigenvalue weighted by molar-refractivity contribution is 14.0. The third-order valence-electron chi connectivity index (χ3n) is 5.50. The van der Waals surface area contributed by atoms with E-state index in [0.29, 0.717) is 5.92 Å². The quantitative estimate of drug-likeness (QED) is 0.373. The van der Waals surface area contributed by atoms with Crippen LogP contribution in [0.25, 0.3) is 0 Å². The van der Waals surface area contributed by atoms with Crippen molar-refractivity contribution in [2.24, 2.45) is 16.8 Å². The largest absolute Gasteiger partial charge is 0.356 e. The summed E-state index contributed by atoms with van der Waals surface area (Å²) in [6.45, 7) is 9.53. The molecule has 26 heavy (non-hydrogen) atoms. The number of nitrogens with one attached hydrogen (secondary N) is 1. The Morgan fingerprint density at radius 2 is 2.12 bits per heavy atom. The SMILES string of the molecule is CN=C(NCC(C)Cc1cccs1)N1CCC(CN2CCCCC2)C1.I. The van der Waals surface area contributed by atoms with Crippen molar-refractivity contribution in [3.8, 4) is 0 Å². The van der Waals surface area contributed by atoms with Crippen LogP contribution in [0.5, 0.6) is 0 Å². The molecule has 1 aromatic heterocycles. The maximum absolute atomic E-state index is 4.54. The van der Waals surface area contributed by atoms with Crippen LogP contribution in [0.4, 0.5) is 0 Å². The predicted molar refractivity (Wildman–Crippen MR) is 124 cm³/mol. The number of guanidine groups is 1.